The molecule has 0 aromatic rings. The summed E-state index contributed by atoms with van der Waals surface area (Å²) in [7, 11) is 0. The molecule has 1 aliphatic heterocycles. The minimum absolute atomic E-state index is 0.299. The van der Waals surface area contributed by atoms with E-state index in [0.717, 1.165) is 0 Å². The molecule has 0 bridgehead atoms. The summed E-state index contributed by atoms with van der Waals surface area (Å²) < 4.78 is 0. The van der Waals surface area contributed by atoms with Gasteiger partial charge in [0.25, 0.3) is 0 Å². The van der Waals surface area contributed by atoms with E-state index >= 15 is 0 Å². The standard InChI is InChI=1S/C5H5NO2/c7-4-5-2-1-3-6-8-5/h2-4H,1H2. The van der Waals surface area contributed by atoms with Crippen molar-refractivity contribution in [3.8, 4) is 0 Å². The summed E-state index contributed by atoms with van der Waals surface area (Å²) in [5.41, 5.74) is 0. The molecule has 0 unspecified atom stereocenters. The van der Waals surface area contributed by atoms with Crippen molar-refractivity contribution in [3.05, 3.63) is 11.8 Å². The topological polar surface area (TPSA) is 38.7 Å². The molecule has 3 heteroatoms. The number of aldehydes is 1. The Morgan fingerprint density at radius 3 is 3.12 bits per heavy atom. The number of carbonyl (C=O) groups is 1. The third kappa shape index (κ3) is 0.932. The second-order valence-corrected chi connectivity index (χ2v) is 1.34. The molecule has 1 heterocycles. The molecule has 3 nitrogen and oxygen atoms in total. The van der Waals surface area contributed by atoms with Gasteiger partial charge in [-0.15, -0.1) is 0 Å². The second-order valence-electron chi connectivity index (χ2n) is 1.34. The van der Waals surface area contributed by atoms with Crippen LogP contribution in [0.2, 0.25) is 0 Å². The van der Waals surface area contributed by atoms with Crippen LogP contribution in [0.3, 0.4) is 0 Å². The Kier molecular flexibility index (Phi) is 1.42. The van der Waals surface area contributed by atoms with Gasteiger partial charge in [0.15, 0.2) is 12.0 Å². The van der Waals surface area contributed by atoms with Crippen molar-refractivity contribution in [1.29, 1.82) is 0 Å². The molecular formula is C5H5NO2. The van der Waals surface area contributed by atoms with Crippen LogP contribution in [0.15, 0.2) is 17.0 Å². The number of hydrogen-bond donors (Lipinski definition) is 0. The predicted octanol–water partition coefficient (Wildman–Crippen LogP) is 0.475. The van der Waals surface area contributed by atoms with Crippen LogP contribution in [-0.2, 0) is 9.63 Å². The highest BCUT2D eigenvalue weighted by Gasteiger charge is 1.95. The van der Waals surface area contributed by atoms with E-state index < -0.39 is 0 Å². The zero-order valence-corrected chi connectivity index (χ0v) is 4.20. The Bertz CT molecular complexity index is 149. The van der Waals surface area contributed by atoms with Crippen molar-refractivity contribution >= 4 is 12.5 Å². The van der Waals surface area contributed by atoms with E-state index in [0.29, 0.717) is 18.5 Å². The van der Waals surface area contributed by atoms with Gasteiger partial charge in [0, 0.05) is 12.6 Å². The van der Waals surface area contributed by atoms with Crippen LogP contribution in [0.25, 0.3) is 0 Å². The lowest BCUT2D eigenvalue weighted by atomic mass is 10.4. The predicted molar refractivity (Wildman–Crippen MR) is 28.3 cm³/mol. The Balaban J connectivity index is 2.55. The van der Waals surface area contributed by atoms with Crippen molar-refractivity contribution in [2.75, 3.05) is 0 Å². The minimum Gasteiger partial charge on any atom is -0.354 e. The normalized spacial score (nSPS) is 16.8. The smallest absolute Gasteiger partial charge is 0.193 e. The summed E-state index contributed by atoms with van der Waals surface area (Å²) in [6.07, 6.45) is 4.58. The molecule has 8 heavy (non-hydrogen) atoms. The van der Waals surface area contributed by atoms with Crippen molar-refractivity contribution in [2.24, 2.45) is 5.16 Å². The van der Waals surface area contributed by atoms with E-state index in [1.165, 1.54) is 0 Å². The van der Waals surface area contributed by atoms with Crippen LogP contribution in [0.1, 0.15) is 6.42 Å². The first-order chi connectivity index (χ1) is 3.93. The molecule has 0 aromatic carbocycles. The highest BCUT2D eigenvalue weighted by atomic mass is 16.6. The molecule has 0 aliphatic carbocycles. The monoisotopic (exact) mass is 111 g/mol. The van der Waals surface area contributed by atoms with Crippen LogP contribution in [0.4, 0.5) is 0 Å². The highest BCUT2D eigenvalue weighted by molar-refractivity contribution is 5.73. The van der Waals surface area contributed by atoms with Crippen LogP contribution in [0.5, 0.6) is 0 Å². The lowest BCUT2D eigenvalue weighted by Gasteiger charge is -1.97. The average Bonchev–Trinajstić information content (AvgIpc) is 1.90. The third-order valence-corrected chi connectivity index (χ3v) is 0.773. The molecule has 0 saturated heterocycles. The van der Waals surface area contributed by atoms with E-state index in [4.69, 9.17) is 0 Å². The molecule has 0 radical (unpaired) electrons. The van der Waals surface area contributed by atoms with Gasteiger partial charge in [-0.1, -0.05) is 5.16 Å². The average molecular weight is 111 g/mol. The summed E-state index contributed by atoms with van der Waals surface area (Å²) in [4.78, 5) is 14.4. The van der Waals surface area contributed by atoms with Crippen LogP contribution in [0, 0.1) is 0 Å². The fraction of sp³-hybridized carbons (Fsp3) is 0.200. The SMILES string of the molecule is O=CC1=CCC=NO1. The minimum atomic E-state index is 0.299. The van der Waals surface area contributed by atoms with E-state index in [9.17, 15) is 4.79 Å². The van der Waals surface area contributed by atoms with Gasteiger partial charge in [0.1, 0.15) is 0 Å². The zero-order valence-electron chi connectivity index (χ0n) is 4.20. The van der Waals surface area contributed by atoms with Crippen molar-refractivity contribution in [2.45, 2.75) is 6.42 Å². The second kappa shape index (κ2) is 2.26. The lowest BCUT2D eigenvalue weighted by molar-refractivity contribution is -0.107. The highest BCUT2D eigenvalue weighted by Crippen LogP contribution is 1.99. The van der Waals surface area contributed by atoms with Crippen LogP contribution >= 0.6 is 0 Å². The Hall–Kier alpha value is -1.12. The van der Waals surface area contributed by atoms with Gasteiger partial charge in [-0.2, -0.15) is 0 Å². The number of carbonyl (C=O) groups excluding carboxylic acids is 1. The van der Waals surface area contributed by atoms with Gasteiger partial charge in [-0.05, 0) is 6.08 Å². The van der Waals surface area contributed by atoms with Crippen LogP contribution < -0.4 is 0 Å². The maximum atomic E-state index is 9.89. The Morgan fingerprint density at radius 1 is 1.88 bits per heavy atom. The summed E-state index contributed by atoms with van der Waals surface area (Å²) in [6.45, 7) is 0. The summed E-state index contributed by atoms with van der Waals surface area (Å²) >= 11 is 0. The summed E-state index contributed by atoms with van der Waals surface area (Å²) in [5.74, 6) is 0.299. The molecule has 1 aliphatic rings. The molecule has 0 amide bonds. The molecule has 1 rings (SSSR count). The number of allylic oxidation sites excluding steroid dienone is 2. The first-order valence-electron chi connectivity index (χ1n) is 2.27. The number of nitrogens with zero attached hydrogens (tertiary/aromatic N) is 1. The summed E-state index contributed by atoms with van der Waals surface area (Å²) in [5, 5.41) is 3.40. The maximum absolute atomic E-state index is 9.89. The molecule has 42 valence electrons. The fourth-order valence-electron chi connectivity index (χ4n) is 0.417. The molecule has 0 N–H and O–H groups in total. The third-order valence-electron chi connectivity index (χ3n) is 0.773. The van der Waals surface area contributed by atoms with Crippen molar-refractivity contribution in [3.63, 3.8) is 0 Å². The lowest BCUT2D eigenvalue weighted by Crippen LogP contribution is -1.92. The largest absolute Gasteiger partial charge is 0.354 e. The van der Waals surface area contributed by atoms with Crippen LogP contribution in [-0.4, -0.2) is 12.5 Å². The fourth-order valence-corrected chi connectivity index (χ4v) is 0.417. The van der Waals surface area contributed by atoms with E-state index in [1.54, 1.807) is 12.3 Å². The number of hydrogen-bond acceptors (Lipinski definition) is 3. The molecular weight excluding hydrogens is 106 g/mol. The van der Waals surface area contributed by atoms with Gasteiger partial charge in [-0.3, -0.25) is 4.79 Å². The van der Waals surface area contributed by atoms with Gasteiger partial charge in [0.05, 0.1) is 0 Å². The number of oxime groups is 1. The molecule has 0 fully saturated rings. The Morgan fingerprint density at radius 2 is 2.75 bits per heavy atom. The van der Waals surface area contributed by atoms with Gasteiger partial charge >= 0.3 is 0 Å². The van der Waals surface area contributed by atoms with E-state index in [1.807, 2.05) is 0 Å². The maximum Gasteiger partial charge on any atom is 0.193 e. The molecule has 0 aromatic heterocycles. The quantitative estimate of drug-likeness (QED) is 0.461. The van der Waals surface area contributed by atoms with Gasteiger partial charge < -0.3 is 4.84 Å². The van der Waals surface area contributed by atoms with Gasteiger partial charge in [0.2, 0.25) is 0 Å². The van der Waals surface area contributed by atoms with E-state index in [-0.39, 0.29) is 0 Å². The first kappa shape index (κ1) is 5.03. The zero-order chi connectivity index (χ0) is 5.82. The van der Waals surface area contributed by atoms with Crippen molar-refractivity contribution in [1.82, 2.24) is 0 Å². The van der Waals surface area contributed by atoms with Gasteiger partial charge in [-0.25, -0.2) is 0 Å². The first-order valence-corrected chi connectivity index (χ1v) is 2.27. The van der Waals surface area contributed by atoms with E-state index in [2.05, 4.69) is 9.99 Å². The molecule has 0 atom stereocenters. The van der Waals surface area contributed by atoms with Crippen molar-refractivity contribution < 1.29 is 9.63 Å². The molecule has 0 spiro atoms. The Labute approximate surface area is 46.6 Å². The summed E-state index contributed by atoms with van der Waals surface area (Å²) in [6, 6.07) is 0. The number of rotatable bonds is 1. The molecule has 0 saturated carbocycles.